The maximum Gasteiger partial charge on any atom is 0.0234 e. The zero-order valence-electron chi connectivity index (χ0n) is 6.80. The molecule has 2 unspecified atom stereocenters. The first-order valence-corrected chi connectivity index (χ1v) is 5.39. The monoisotopic (exact) mass is 163 g/mol. The molecule has 0 spiro atoms. The lowest BCUT2D eigenvalue weighted by molar-refractivity contribution is 0.525. The third kappa shape index (κ3) is 6.23. The fraction of sp³-hybridized carbons (Fsp3) is 1.00. The van der Waals surface area contributed by atoms with Gasteiger partial charge in [-0.25, -0.2) is 0 Å². The molecule has 0 aromatic carbocycles. The van der Waals surface area contributed by atoms with Gasteiger partial charge in [0.25, 0.3) is 0 Å². The molecule has 0 rings (SSSR count). The molecule has 10 heavy (non-hydrogen) atoms. The molecule has 0 radical (unpaired) electrons. The predicted octanol–water partition coefficient (Wildman–Crippen LogP) is 0.740. The smallest absolute Gasteiger partial charge is 0.0234 e. The van der Waals surface area contributed by atoms with Crippen molar-refractivity contribution in [1.82, 2.24) is 0 Å². The number of rotatable bonds is 5. The fourth-order valence-electron chi connectivity index (χ4n) is 0.796. The summed E-state index contributed by atoms with van der Waals surface area (Å²) < 4.78 is 10.6. The number of nitrogens with two attached hydrogens (primary N) is 1. The zero-order chi connectivity index (χ0) is 7.98. The van der Waals surface area contributed by atoms with Gasteiger partial charge < -0.3 is 5.73 Å². The fourth-order valence-corrected chi connectivity index (χ4v) is 1.53. The van der Waals surface area contributed by atoms with Crippen molar-refractivity contribution in [1.29, 1.82) is 0 Å². The quantitative estimate of drug-likeness (QED) is 0.649. The predicted molar refractivity (Wildman–Crippen MR) is 46.4 cm³/mol. The summed E-state index contributed by atoms with van der Waals surface area (Å²) in [6.45, 7) is 2.90. The maximum atomic E-state index is 10.6. The highest BCUT2D eigenvalue weighted by Crippen LogP contribution is 2.05. The minimum absolute atomic E-state index is 0.631. The molecule has 0 aliphatic carbocycles. The summed E-state index contributed by atoms with van der Waals surface area (Å²) in [5, 5.41) is 0. The van der Waals surface area contributed by atoms with Crippen molar-refractivity contribution in [2.24, 2.45) is 11.7 Å². The van der Waals surface area contributed by atoms with Crippen LogP contribution in [-0.2, 0) is 10.8 Å². The van der Waals surface area contributed by atoms with Crippen LogP contribution in [0.2, 0.25) is 0 Å². The van der Waals surface area contributed by atoms with E-state index in [1.165, 1.54) is 0 Å². The SMILES string of the molecule is CC(CCN)CCS(C)=O. The molecule has 0 aliphatic rings. The summed E-state index contributed by atoms with van der Waals surface area (Å²) >= 11 is 0. The van der Waals surface area contributed by atoms with Crippen molar-refractivity contribution in [2.75, 3.05) is 18.6 Å². The third-order valence-corrected chi connectivity index (χ3v) is 2.37. The average molecular weight is 163 g/mol. The highest BCUT2D eigenvalue weighted by atomic mass is 32.2. The Kier molecular flexibility index (Phi) is 5.93. The van der Waals surface area contributed by atoms with Gasteiger partial charge in [0.2, 0.25) is 0 Å². The zero-order valence-corrected chi connectivity index (χ0v) is 7.62. The van der Waals surface area contributed by atoms with E-state index < -0.39 is 10.8 Å². The van der Waals surface area contributed by atoms with Gasteiger partial charge in [-0.3, -0.25) is 4.21 Å². The van der Waals surface area contributed by atoms with Crippen LogP contribution in [-0.4, -0.2) is 22.8 Å². The summed E-state index contributed by atoms with van der Waals surface area (Å²) in [5.74, 6) is 1.45. The first-order valence-electron chi connectivity index (χ1n) is 3.67. The number of hydrogen-bond acceptors (Lipinski definition) is 2. The first kappa shape index (κ1) is 10.1. The van der Waals surface area contributed by atoms with Gasteiger partial charge in [-0.05, 0) is 25.3 Å². The Balaban J connectivity index is 3.21. The molecule has 2 nitrogen and oxygen atoms in total. The molecule has 2 N–H and O–H groups in total. The van der Waals surface area contributed by atoms with E-state index in [9.17, 15) is 4.21 Å². The van der Waals surface area contributed by atoms with E-state index in [1.807, 2.05) is 0 Å². The molecule has 2 atom stereocenters. The van der Waals surface area contributed by atoms with Gasteiger partial charge in [-0.2, -0.15) is 0 Å². The van der Waals surface area contributed by atoms with Crippen molar-refractivity contribution in [3.63, 3.8) is 0 Å². The molecular weight excluding hydrogens is 146 g/mol. The molecule has 0 amide bonds. The van der Waals surface area contributed by atoms with Crippen LogP contribution in [0.4, 0.5) is 0 Å². The second kappa shape index (κ2) is 5.86. The highest BCUT2D eigenvalue weighted by Gasteiger charge is 2.00. The van der Waals surface area contributed by atoms with E-state index in [0.717, 1.165) is 25.1 Å². The summed E-state index contributed by atoms with van der Waals surface area (Å²) in [6, 6.07) is 0. The van der Waals surface area contributed by atoms with Gasteiger partial charge in [-0.15, -0.1) is 0 Å². The Morgan fingerprint density at radius 2 is 2.10 bits per heavy atom. The highest BCUT2D eigenvalue weighted by molar-refractivity contribution is 7.84. The first-order chi connectivity index (χ1) is 4.66. The van der Waals surface area contributed by atoms with Crippen LogP contribution in [0.3, 0.4) is 0 Å². The average Bonchev–Trinajstić information content (AvgIpc) is 1.85. The minimum Gasteiger partial charge on any atom is -0.330 e. The van der Waals surface area contributed by atoms with E-state index in [4.69, 9.17) is 5.73 Å². The lowest BCUT2D eigenvalue weighted by atomic mass is 10.1. The molecule has 0 aromatic heterocycles. The summed E-state index contributed by atoms with van der Waals surface area (Å²) in [5.41, 5.74) is 5.36. The van der Waals surface area contributed by atoms with Crippen molar-refractivity contribution >= 4 is 10.8 Å². The standard InChI is InChI=1S/C7H17NOS/c1-7(3-5-8)4-6-10(2)9/h7H,3-6,8H2,1-2H3. The van der Waals surface area contributed by atoms with Crippen molar-refractivity contribution < 1.29 is 4.21 Å². The van der Waals surface area contributed by atoms with Crippen LogP contribution in [0.25, 0.3) is 0 Å². The van der Waals surface area contributed by atoms with Crippen LogP contribution in [0.15, 0.2) is 0 Å². The minimum atomic E-state index is -0.631. The topological polar surface area (TPSA) is 43.1 Å². The lowest BCUT2D eigenvalue weighted by Gasteiger charge is -2.06. The molecule has 0 aromatic rings. The molecule has 3 heteroatoms. The van der Waals surface area contributed by atoms with E-state index in [1.54, 1.807) is 6.26 Å². The van der Waals surface area contributed by atoms with E-state index >= 15 is 0 Å². The second-order valence-electron chi connectivity index (χ2n) is 2.75. The van der Waals surface area contributed by atoms with Crippen LogP contribution < -0.4 is 5.73 Å². The molecular formula is C7H17NOS. The van der Waals surface area contributed by atoms with Crippen molar-refractivity contribution in [2.45, 2.75) is 19.8 Å². The maximum absolute atomic E-state index is 10.6. The second-order valence-corrected chi connectivity index (χ2v) is 4.30. The van der Waals surface area contributed by atoms with Crippen molar-refractivity contribution in [3.8, 4) is 0 Å². The Labute approximate surface area is 65.6 Å². The molecule has 0 heterocycles. The van der Waals surface area contributed by atoms with Gasteiger partial charge in [0.05, 0.1) is 0 Å². The van der Waals surface area contributed by atoms with Gasteiger partial charge >= 0.3 is 0 Å². The summed E-state index contributed by atoms with van der Waals surface area (Å²) in [4.78, 5) is 0. The molecule has 0 bridgehead atoms. The molecule has 0 saturated carbocycles. The molecule has 0 aliphatic heterocycles. The van der Waals surface area contributed by atoms with Gasteiger partial charge in [-0.1, -0.05) is 6.92 Å². The van der Waals surface area contributed by atoms with E-state index in [-0.39, 0.29) is 0 Å². The Morgan fingerprint density at radius 1 is 1.50 bits per heavy atom. The molecule has 0 fully saturated rings. The van der Waals surface area contributed by atoms with Gasteiger partial charge in [0.15, 0.2) is 0 Å². The summed E-state index contributed by atoms with van der Waals surface area (Å²) in [7, 11) is -0.631. The Hall–Kier alpha value is 0.110. The Morgan fingerprint density at radius 3 is 2.50 bits per heavy atom. The van der Waals surface area contributed by atoms with E-state index in [0.29, 0.717) is 5.92 Å². The van der Waals surface area contributed by atoms with Gasteiger partial charge in [0.1, 0.15) is 0 Å². The van der Waals surface area contributed by atoms with Crippen LogP contribution in [0.5, 0.6) is 0 Å². The normalized spacial score (nSPS) is 16.7. The van der Waals surface area contributed by atoms with Crippen LogP contribution in [0, 0.1) is 5.92 Å². The summed E-state index contributed by atoms with van der Waals surface area (Å²) in [6.07, 6.45) is 3.84. The lowest BCUT2D eigenvalue weighted by Crippen LogP contribution is -2.08. The van der Waals surface area contributed by atoms with Crippen LogP contribution in [0.1, 0.15) is 19.8 Å². The molecule has 0 saturated heterocycles. The van der Waals surface area contributed by atoms with E-state index in [2.05, 4.69) is 6.92 Å². The Bertz CT molecular complexity index is 106. The largest absolute Gasteiger partial charge is 0.330 e. The van der Waals surface area contributed by atoms with Crippen LogP contribution >= 0.6 is 0 Å². The van der Waals surface area contributed by atoms with Gasteiger partial charge in [0, 0.05) is 22.8 Å². The van der Waals surface area contributed by atoms with Crippen molar-refractivity contribution in [3.05, 3.63) is 0 Å². The third-order valence-electron chi connectivity index (χ3n) is 1.56. The molecule has 62 valence electrons. The number of hydrogen-bond donors (Lipinski definition) is 1.